The Morgan fingerprint density at radius 1 is 1.62 bits per heavy atom. The summed E-state index contributed by atoms with van der Waals surface area (Å²) >= 11 is 3.19. The predicted molar refractivity (Wildman–Crippen MR) is 59.7 cm³/mol. The minimum atomic E-state index is 0.681. The number of rotatable bonds is 3. The molecule has 1 saturated carbocycles. The summed E-state index contributed by atoms with van der Waals surface area (Å²) < 4.78 is 4.18. The van der Waals surface area contributed by atoms with Crippen LogP contribution in [0.5, 0.6) is 0 Å². The summed E-state index contributed by atoms with van der Waals surface area (Å²) in [5, 5.41) is 1.23. The third-order valence-corrected chi connectivity index (χ3v) is 4.17. The van der Waals surface area contributed by atoms with E-state index >= 15 is 0 Å². The van der Waals surface area contributed by atoms with Gasteiger partial charge in [0.1, 0.15) is 5.00 Å². The van der Waals surface area contributed by atoms with Gasteiger partial charge in [-0.05, 0) is 30.6 Å². The summed E-state index contributed by atoms with van der Waals surface area (Å²) in [5.74, 6) is 0.681. The molecule has 0 aromatic carbocycles. The van der Waals surface area contributed by atoms with Gasteiger partial charge in [0.15, 0.2) is 5.82 Å². The van der Waals surface area contributed by atoms with E-state index in [1.807, 2.05) is 6.26 Å². The van der Waals surface area contributed by atoms with Crippen LogP contribution in [0.15, 0.2) is 4.90 Å². The third kappa shape index (κ3) is 1.62. The first-order valence-electron chi connectivity index (χ1n) is 4.26. The zero-order valence-electron chi connectivity index (χ0n) is 7.78. The van der Waals surface area contributed by atoms with E-state index in [9.17, 15) is 0 Å². The number of aromatic nitrogens is 1. The molecule has 0 amide bonds. The number of nitrogens with zero attached hydrogens (tertiary/aromatic N) is 2. The highest BCUT2D eigenvalue weighted by Gasteiger charge is 2.29. The molecule has 5 heteroatoms. The van der Waals surface area contributed by atoms with Gasteiger partial charge in [-0.2, -0.15) is 4.37 Å². The minimum Gasteiger partial charge on any atom is -0.382 e. The number of nitrogen functional groups attached to an aromatic ring is 1. The molecule has 1 aliphatic rings. The van der Waals surface area contributed by atoms with Crippen molar-refractivity contribution in [2.24, 2.45) is 0 Å². The van der Waals surface area contributed by atoms with Crippen LogP contribution in [-0.4, -0.2) is 23.7 Å². The molecule has 0 bridgehead atoms. The SMILES string of the molecule is CSc1c(N)nsc1N(C)C1CC1. The molecule has 1 aromatic rings. The summed E-state index contributed by atoms with van der Waals surface area (Å²) in [6.07, 6.45) is 4.66. The number of anilines is 2. The highest BCUT2D eigenvalue weighted by molar-refractivity contribution is 7.99. The second-order valence-corrected chi connectivity index (χ2v) is 4.82. The average Bonchev–Trinajstić information content (AvgIpc) is 2.89. The molecule has 2 rings (SSSR count). The third-order valence-electron chi connectivity index (χ3n) is 2.28. The maximum atomic E-state index is 5.76. The Balaban J connectivity index is 2.27. The zero-order valence-corrected chi connectivity index (χ0v) is 9.41. The molecule has 3 nitrogen and oxygen atoms in total. The molecular formula is C8H13N3S2. The summed E-state index contributed by atoms with van der Waals surface area (Å²) in [4.78, 5) is 3.44. The molecule has 72 valence electrons. The second-order valence-electron chi connectivity index (χ2n) is 3.25. The van der Waals surface area contributed by atoms with Gasteiger partial charge in [-0.25, -0.2) is 0 Å². The van der Waals surface area contributed by atoms with Crippen molar-refractivity contribution in [3.63, 3.8) is 0 Å². The van der Waals surface area contributed by atoms with Crippen molar-refractivity contribution in [3.8, 4) is 0 Å². The molecule has 0 aliphatic heterocycles. The van der Waals surface area contributed by atoms with E-state index in [4.69, 9.17) is 5.73 Å². The van der Waals surface area contributed by atoms with E-state index < -0.39 is 0 Å². The quantitative estimate of drug-likeness (QED) is 0.784. The van der Waals surface area contributed by atoms with E-state index in [0.717, 1.165) is 10.9 Å². The minimum absolute atomic E-state index is 0.681. The van der Waals surface area contributed by atoms with E-state index in [2.05, 4.69) is 16.3 Å². The van der Waals surface area contributed by atoms with Crippen LogP contribution in [0.4, 0.5) is 10.8 Å². The average molecular weight is 215 g/mol. The first-order chi connectivity index (χ1) is 6.24. The van der Waals surface area contributed by atoms with E-state index in [1.54, 1.807) is 11.8 Å². The van der Waals surface area contributed by atoms with E-state index in [1.165, 1.54) is 29.4 Å². The van der Waals surface area contributed by atoms with Gasteiger partial charge in [0.05, 0.1) is 4.90 Å². The highest BCUT2D eigenvalue weighted by atomic mass is 32.2. The normalized spacial score (nSPS) is 16.2. The Kier molecular flexibility index (Phi) is 2.38. The van der Waals surface area contributed by atoms with Crippen molar-refractivity contribution in [1.82, 2.24) is 4.37 Å². The van der Waals surface area contributed by atoms with Crippen molar-refractivity contribution < 1.29 is 0 Å². The Morgan fingerprint density at radius 3 is 2.85 bits per heavy atom. The van der Waals surface area contributed by atoms with Crippen molar-refractivity contribution in [3.05, 3.63) is 0 Å². The lowest BCUT2D eigenvalue weighted by Crippen LogP contribution is -2.18. The maximum Gasteiger partial charge on any atom is 0.153 e. The molecule has 2 N–H and O–H groups in total. The van der Waals surface area contributed by atoms with Crippen LogP contribution in [0.3, 0.4) is 0 Å². The van der Waals surface area contributed by atoms with Crippen LogP contribution >= 0.6 is 23.3 Å². The smallest absolute Gasteiger partial charge is 0.153 e. The van der Waals surface area contributed by atoms with Crippen LogP contribution in [0.1, 0.15) is 12.8 Å². The molecule has 0 unspecified atom stereocenters. The molecular weight excluding hydrogens is 202 g/mol. The first kappa shape index (κ1) is 9.15. The lowest BCUT2D eigenvalue weighted by molar-refractivity contribution is 0.919. The van der Waals surface area contributed by atoms with Crippen molar-refractivity contribution in [1.29, 1.82) is 0 Å². The highest BCUT2D eigenvalue weighted by Crippen LogP contribution is 2.41. The zero-order chi connectivity index (χ0) is 9.42. The molecule has 0 spiro atoms. The predicted octanol–water partition coefficient (Wildman–Crippen LogP) is 2.05. The summed E-state index contributed by atoms with van der Waals surface area (Å²) in [6.45, 7) is 0. The molecule has 1 aromatic heterocycles. The Hall–Kier alpha value is -0.420. The van der Waals surface area contributed by atoms with Gasteiger partial charge in [0, 0.05) is 13.1 Å². The van der Waals surface area contributed by atoms with Gasteiger partial charge in [-0.15, -0.1) is 11.8 Å². The number of thioether (sulfide) groups is 1. The van der Waals surface area contributed by atoms with Crippen LogP contribution in [0.2, 0.25) is 0 Å². The molecule has 1 heterocycles. The summed E-state index contributed by atoms with van der Waals surface area (Å²) in [6, 6.07) is 0.728. The number of hydrogen-bond donors (Lipinski definition) is 1. The van der Waals surface area contributed by atoms with Crippen molar-refractivity contribution in [2.75, 3.05) is 23.9 Å². The number of nitrogens with two attached hydrogens (primary N) is 1. The lowest BCUT2D eigenvalue weighted by atomic mass is 10.5. The fourth-order valence-corrected chi connectivity index (χ4v) is 3.06. The van der Waals surface area contributed by atoms with Crippen molar-refractivity contribution >= 4 is 34.1 Å². The van der Waals surface area contributed by atoms with Gasteiger partial charge in [0.2, 0.25) is 0 Å². The molecule has 0 saturated heterocycles. The molecule has 0 radical (unpaired) electrons. The molecule has 13 heavy (non-hydrogen) atoms. The van der Waals surface area contributed by atoms with Gasteiger partial charge >= 0.3 is 0 Å². The summed E-state index contributed by atoms with van der Waals surface area (Å²) in [5.41, 5.74) is 5.76. The fourth-order valence-electron chi connectivity index (χ4n) is 1.33. The van der Waals surface area contributed by atoms with Gasteiger partial charge < -0.3 is 10.6 Å². The van der Waals surface area contributed by atoms with E-state index in [-0.39, 0.29) is 0 Å². The lowest BCUT2D eigenvalue weighted by Gasteiger charge is -2.16. The molecule has 1 fully saturated rings. The van der Waals surface area contributed by atoms with E-state index in [0.29, 0.717) is 5.82 Å². The fraction of sp³-hybridized carbons (Fsp3) is 0.625. The first-order valence-corrected chi connectivity index (χ1v) is 6.26. The van der Waals surface area contributed by atoms with Crippen LogP contribution in [-0.2, 0) is 0 Å². The second kappa shape index (κ2) is 3.38. The number of hydrogen-bond acceptors (Lipinski definition) is 5. The standard InChI is InChI=1S/C8H13N3S2/c1-11(5-3-4-5)8-6(12-2)7(9)10-13-8/h5H,3-4H2,1-2H3,(H2,9,10). The Bertz CT molecular complexity index is 306. The summed E-state index contributed by atoms with van der Waals surface area (Å²) in [7, 11) is 2.13. The largest absolute Gasteiger partial charge is 0.382 e. The van der Waals surface area contributed by atoms with Gasteiger partial charge in [-0.3, -0.25) is 0 Å². The molecule has 1 aliphatic carbocycles. The monoisotopic (exact) mass is 215 g/mol. The maximum absolute atomic E-state index is 5.76. The van der Waals surface area contributed by atoms with Gasteiger partial charge in [0.25, 0.3) is 0 Å². The van der Waals surface area contributed by atoms with Crippen LogP contribution in [0, 0.1) is 0 Å². The van der Waals surface area contributed by atoms with Gasteiger partial charge in [-0.1, -0.05) is 0 Å². The van der Waals surface area contributed by atoms with Crippen LogP contribution < -0.4 is 10.6 Å². The molecule has 0 atom stereocenters. The Morgan fingerprint density at radius 2 is 2.31 bits per heavy atom. The van der Waals surface area contributed by atoms with Crippen LogP contribution in [0.25, 0.3) is 0 Å². The Labute approximate surface area is 86.5 Å². The topological polar surface area (TPSA) is 42.1 Å². The van der Waals surface area contributed by atoms with Crippen molar-refractivity contribution in [2.45, 2.75) is 23.8 Å².